The van der Waals surface area contributed by atoms with E-state index in [1.54, 1.807) is 13.0 Å². The summed E-state index contributed by atoms with van der Waals surface area (Å²) in [5.41, 5.74) is 0.413. The number of hydrogen-bond acceptors (Lipinski definition) is 6. The molecule has 0 fully saturated rings. The highest BCUT2D eigenvalue weighted by atomic mass is 16.6. The van der Waals surface area contributed by atoms with Gasteiger partial charge in [-0.3, -0.25) is 14.9 Å². The van der Waals surface area contributed by atoms with E-state index in [1.807, 2.05) is 0 Å². The summed E-state index contributed by atoms with van der Waals surface area (Å²) in [4.78, 5) is 34.5. The summed E-state index contributed by atoms with van der Waals surface area (Å²) < 4.78 is 5.01. The third-order valence-electron chi connectivity index (χ3n) is 3.38. The lowest BCUT2D eigenvalue weighted by Crippen LogP contribution is -2.30. The van der Waals surface area contributed by atoms with Gasteiger partial charge in [-0.2, -0.15) is 0 Å². The second-order valence-corrected chi connectivity index (χ2v) is 5.33. The summed E-state index contributed by atoms with van der Waals surface area (Å²) in [6.45, 7) is 3.07. The zero-order chi connectivity index (χ0) is 18.6. The van der Waals surface area contributed by atoms with Gasteiger partial charge in [-0.25, -0.2) is 4.79 Å². The normalized spacial score (nSPS) is 11.4. The Morgan fingerprint density at radius 2 is 1.92 bits per heavy atom. The van der Waals surface area contributed by atoms with Crippen LogP contribution in [0.1, 0.15) is 22.8 Å². The molecule has 0 aromatic heterocycles. The van der Waals surface area contributed by atoms with E-state index in [-0.39, 0.29) is 22.7 Å². The topological polar surface area (TPSA) is 119 Å². The van der Waals surface area contributed by atoms with Crippen LogP contribution in [0.4, 0.5) is 11.4 Å². The molecule has 8 nitrogen and oxygen atoms in total. The first kappa shape index (κ1) is 17.9. The lowest BCUT2D eigenvalue weighted by atomic mass is 10.1. The van der Waals surface area contributed by atoms with Gasteiger partial charge >= 0.3 is 5.97 Å². The molecular formula is C17H16N2O6. The van der Waals surface area contributed by atoms with Crippen molar-refractivity contribution in [3.8, 4) is 5.75 Å². The van der Waals surface area contributed by atoms with Crippen molar-refractivity contribution in [2.75, 3.05) is 5.32 Å². The molecule has 0 saturated heterocycles. The van der Waals surface area contributed by atoms with E-state index < -0.39 is 22.9 Å². The Bertz CT molecular complexity index is 834. The second-order valence-electron chi connectivity index (χ2n) is 5.33. The molecule has 2 rings (SSSR count). The monoisotopic (exact) mass is 344 g/mol. The lowest BCUT2D eigenvalue weighted by Gasteiger charge is -2.14. The Labute approximate surface area is 143 Å². The average Bonchev–Trinajstić information content (AvgIpc) is 2.54. The molecule has 0 bridgehead atoms. The molecule has 8 heteroatoms. The van der Waals surface area contributed by atoms with Gasteiger partial charge in [-0.1, -0.05) is 18.2 Å². The number of nitrogens with one attached hydrogen (secondary N) is 1. The molecule has 0 aliphatic carbocycles. The Morgan fingerprint density at radius 3 is 2.56 bits per heavy atom. The first-order valence-electron chi connectivity index (χ1n) is 7.34. The molecule has 0 spiro atoms. The van der Waals surface area contributed by atoms with Crippen molar-refractivity contribution < 1.29 is 24.4 Å². The molecule has 2 aromatic rings. The van der Waals surface area contributed by atoms with Gasteiger partial charge in [-0.05, 0) is 37.6 Å². The molecule has 2 aromatic carbocycles. The van der Waals surface area contributed by atoms with Crippen molar-refractivity contribution >= 4 is 23.3 Å². The van der Waals surface area contributed by atoms with Crippen LogP contribution in [0.25, 0.3) is 0 Å². The molecule has 0 saturated carbocycles. The van der Waals surface area contributed by atoms with E-state index in [4.69, 9.17) is 4.74 Å². The number of nitro benzene ring substituents is 1. The highest BCUT2D eigenvalue weighted by Crippen LogP contribution is 2.24. The number of phenols is 1. The zero-order valence-electron chi connectivity index (χ0n) is 13.6. The quantitative estimate of drug-likeness (QED) is 0.489. The standard InChI is InChI=1S/C17H16N2O6/c1-10-7-8-12(15(20)9-10)17(22)25-11(2)16(21)18-13-5-3-4-6-14(13)19(23)24/h3-9,11,20H,1-2H3,(H,18,21)/t11-/m0/s1. The van der Waals surface area contributed by atoms with E-state index in [1.165, 1.54) is 43.3 Å². The number of aryl methyl sites for hydroxylation is 1. The Balaban J connectivity index is 2.08. The minimum Gasteiger partial charge on any atom is -0.507 e. The second kappa shape index (κ2) is 7.43. The van der Waals surface area contributed by atoms with Crippen molar-refractivity contribution in [1.29, 1.82) is 0 Å². The van der Waals surface area contributed by atoms with Crippen LogP contribution in [0.15, 0.2) is 42.5 Å². The summed E-state index contributed by atoms with van der Waals surface area (Å²) in [6.07, 6.45) is -1.21. The van der Waals surface area contributed by atoms with Gasteiger partial charge in [0.05, 0.1) is 4.92 Å². The van der Waals surface area contributed by atoms with E-state index in [0.29, 0.717) is 0 Å². The Morgan fingerprint density at radius 1 is 1.24 bits per heavy atom. The third kappa shape index (κ3) is 4.31. The predicted octanol–water partition coefficient (Wildman–Crippen LogP) is 2.79. The third-order valence-corrected chi connectivity index (χ3v) is 3.38. The molecule has 0 aliphatic heterocycles. The molecule has 0 radical (unpaired) electrons. The van der Waals surface area contributed by atoms with Gasteiger partial charge in [0, 0.05) is 6.07 Å². The van der Waals surface area contributed by atoms with Crippen LogP contribution in [-0.2, 0) is 9.53 Å². The number of benzene rings is 2. The predicted molar refractivity (Wildman–Crippen MR) is 89.4 cm³/mol. The largest absolute Gasteiger partial charge is 0.507 e. The SMILES string of the molecule is Cc1ccc(C(=O)O[C@@H](C)C(=O)Nc2ccccc2[N+](=O)[O-])c(O)c1. The highest BCUT2D eigenvalue weighted by Gasteiger charge is 2.23. The van der Waals surface area contributed by atoms with Gasteiger partial charge in [0.15, 0.2) is 6.10 Å². The van der Waals surface area contributed by atoms with Crippen LogP contribution in [0.2, 0.25) is 0 Å². The van der Waals surface area contributed by atoms with Gasteiger partial charge in [-0.15, -0.1) is 0 Å². The number of ether oxygens (including phenoxy) is 1. The molecule has 1 amide bonds. The van der Waals surface area contributed by atoms with Gasteiger partial charge in [0.2, 0.25) is 0 Å². The maximum absolute atomic E-state index is 12.1. The molecule has 0 aliphatic rings. The first-order valence-corrected chi connectivity index (χ1v) is 7.34. The van der Waals surface area contributed by atoms with E-state index in [9.17, 15) is 24.8 Å². The summed E-state index contributed by atoms with van der Waals surface area (Å²) in [6, 6.07) is 10.0. The number of hydrogen-bond donors (Lipinski definition) is 2. The summed E-state index contributed by atoms with van der Waals surface area (Å²) in [5, 5.41) is 23.1. The van der Waals surface area contributed by atoms with Gasteiger partial charge in [0.25, 0.3) is 11.6 Å². The molecule has 0 unspecified atom stereocenters. The molecule has 0 heterocycles. The van der Waals surface area contributed by atoms with E-state index >= 15 is 0 Å². The number of esters is 1. The summed E-state index contributed by atoms with van der Waals surface area (Å²) >= 11 is 0. The van der Waals surface area contributed by atoms with Crippen LogP contribution < -0.4 is 5.32 Å². The van der Waals surface area contributed by atoms with E-state index in [0.717, 1.165) is 5.56 Å². The van der Waals surface area contributed by atoms with Crippen molar-refractivity contribution in [1.82, 2.24) is 0 Å². The van der Waals surface area contributed by atoms with Crippen molar-refractivity contribution in [2.24, 2.45) is 0 Å². The minimum atomic E-state index is -1.21. The van der Waals surface area contributed by atoms with Crippen molar-refractivity contribution in [3.63, 3.8) is 0 Å². The number of nitro groups is 1. The highest BCUT2D eigenvalue weighted by molar-refractivity contribution is 5.99. The number of nitrogens with zero attached hydrogens (tertiary/aromatic N) is 1. The summed E-state index contributed by atoms with van der Waals surface area (Å²) in [7, 11) is 0. The van der Waals surface area contributed by atoms with Gasteiger partial charge < -0.3 is 15.2 Å². The molecular weight excluding hydrogens is 328 g/mol. The Hall–Kier alpha value is -3.42. The number of rotatable bonds is 5. The van der Waals surface area contributed by atoms with E-state index in [2.05, 4.69) is 5.32 Å². The van der Waals surface area contributed by atoms with Crippen molar-refractivity contribution in [2.45, 2.75) is 20.0 Å². The van der Waals surface area contributed by atoms with Crippen LogP contribution in [0, 0.1) is 17.0 Å². The number of anilines is 1. The molecule has 25 heavy (non-hydrogen) atoms. The fourth-order valence-electron chi connectivity index (χ4n) is 2.06. The van der Waals surface area contributed by atoms with Crippen molar-refractivity contribution in [3.05, 3.63) is 63.7 Å². The molecule has 130 valence electrons. The minimum absolute atomic E-state index is 0.00131. The number of para-hydroxylation sites is 2. The zero-order valence-corrected chi connectivity index (χ0v) is 13.6. The lowest BCUT2D eigenvalue weighted by molar-refractivity contribution is -0.383. The fourth-order valence-corrected chi connectivity index (χ4v) is 2.06. The van der Waals surface area contributed by atoms with Crippen LogP contribution in [-0.4, -0.2) is 28.0 Å². The molecule has 1 atom stereocenters. The number of carbonyl (C=O) groups is 2. The van der Waals surface area contributed by atoms with Crippen LogP contribution in [0.5, 0.6) is 5.75 Å². The first-order chi connectivity index (χ1) is 11.8. The van der Waals surface area contributed by atoms with Gasteiger partial charge in [0.1, 0.15) is 17.0 Å². The number of amides is 1. The fraction of sp³-hybridized carbons (Fsp3) is 0.176. The maximum atomic E-state index is 12.1. The molecule has 2 N–H and O–H groups in total. The van der Waals surface area contributed by atoms with Crippen LogP contribution in [0.3, 0.4) is 0 Å². The number of phenolic OH excluding ortho intramolecular Hbond substituents is 1. The maximum Gasteiger partial charge on any atom is 0.342 e. The Kier molecular flexibility index (Phi) is 5.33. The summed E-state index contributed by atoms with van der Waals surface area (Å²) in [5.74, 6) is -1.85. The van der Waals surface area contributed by atoms with Crippen LogP contribution >= 0.6 is 0 Å². The smallest absolute Gasteiger partial charge is 0.342 e. The number of carbonyl (C=O) groups excluding carboxylic acids is 2. The average molecular weight is 344 g/mol. The number of aromatic hydroxyl groups is 1.